The van der Waals surface area contributed by atoms with E-state index < -0.39 is 58.1 Å². The van der Waals surface area contributed by atoms with Crippen LogP contribution in [-0.4, -0.2) is 51.1 Å². The van der Waals surface area contributed by atoms with Gasteiger partial charge in [-0.3, -0.25) is 14.4 Å². The number of benzene rings is 1. The molecule has 4 fully saturated rings. The van der Waals surface area contributed by atoms with Crippen LogP contribution in [0.15, 0.2) is 30.0 Å². The second-order valence-corrected chi connectivity index (χ2v) is 13.5. The summed E-state index contributed by atoms with van der Waals surface area (Å²) in [6.07, 6.45) is -0.998. The van der Waals surface area contributed by atoms with Crippen LogP contribution in [0.1, 0.15) is 51.7 Å². The molecule has 1 heterocycles. The van der Waals surface area contributed by atoms with E-state index in [1.54, 1.807) is 6.92 Å². The minimum absolute atomic E-state index is 0.0163. The van der Waals surface area contributed by atoms with Gasteiger partial charge in [-0.05, 0) is 66.9 Å². The third kappa shape index (κ3) is 3.39. The number of allylic oxidation sites excluding steroid dienone is 1. The normalized spacial score (nSPS) is 46.2. The number of aliphatic hydroxyl groups excluding tert-OH is 1. The SMILES string of the molecule is CC(=O)OC1C2C(CC(C)C(O)(C(C)=O)C2O)C(Cl)C2CC(C)C3Cc4ccccc4C(Cl)=C4NC(=O)C21C43. The van der Waals surface area contributed by atoms with E-state index >= 15 is 0 Å². The molecule has 3 N–H and O–H groups in total. The molecule has 1 amide bonds. The Balaban J connectivity index is 1.60. The molecule has 12 atom stereocenters. The standard InChI is InChI=1S/C30H35Cl2NO6/c1-12-9-20-23(31)19-10-13(2)30(38,14(3)34)26(36)21(19)27(39-15(4)35)29(20)22-18(12)11-16-7-5-6-8-17(16)24(32)25(22)33-28(29)37/h5-8,12-13,18-23,26-27,36,38H,9-11H2,1-4H3,(H,33,37). The number of ketones is 1. The van der Waals surface area contributed by atoms with Gasteiger partial charge in [0, 0.05) is 29.8 Å². The van der Waals surface area contributed by atoms with Crippen LogP contribution in [0, 0.1) is 46.8 Å². The molecule has 9 heteroatoms. The summed E-state index contributed by atoms with van der Waals surface area (Å²) in [6, 6.07) is 7.89. The van der Waals surface area contributed by atoms with Crippen LogP contribution in [0.4, 0.5) is 0 Å². The van der Waals surface area contributed by atoms with Crippen molar-refractivity contribution in [2.75, 3.05) is 0 Å². The minimum atomic E-state index is -2.05. The van der Waals surface area contributed by atoms with Crippen LogP contribution >= 0.6 is 23.2 Å². The molecule has 6 rings (SSSR count). The van der Waals surface area contributed by atoms with Gasteiger partial charge in [0.05, 0.1) is 16.6 Å². The number of aliphatic hydroxyl groups is 2. The number of fused-ring (bicyclic) bond motifs is 2. The zero-order valence-electron chi connectivity index (χ0n) is 22.5. The summed E-state index contributed by atoms with van der Waals surface area (Å²) in [4.78, 5) is 39.8. The Morgan fingerprint density at radius 1 is 1.13 bits per heavy atom. The summed E-state index contributed by atoms with van der Waals surface area (Å²) in [5, 5.41) is 26.3. The lowest BCUT2D eigenvalue weighted by atomic mass is 9.42. The maximum Gasteiger partial charge on any atom is 0.302 e. The van der Waals surface area contributed by atoms with E-state index in [1.165, 1.54) is 13.8 Å². The number of rotatable bonds is 2. The molecular formula is C30H35Cl2NO6. The number of carbonyl (C=O) groups is 3. The van der Waals surface area contributed by atoms with Crippen molar-refractivity contribution in [2.45, 2.75) is 70.1 Å². The first kappa shape index (κ1) is 27.3. The lowest BCUT2D eigenvalue weighted by Crippen LogP contribution is -2.74. The van der Waals surface area contributed by atoms with Gasteiger partial charge in [-0.2, -0.15) is 0 Å². The van der Waals surface area contributed by atoms with Crippen molar-refractivity contribution in [1.82, 2.24) is 5.32 Å². The fraction of sp³-hybridized carbons (Fsp3) is 0.633. The van der Waals surface area contributed by atoms with Crippen molar-refractivity contribution >= 4 is 45.9 Å². The van der Waals surface area contributed by atoms with Crippen LogP contribution in [0.5, 0.6) is 0 Å². The number of amides is 1. The molecule has 0 aromatic heterocycles. The zero-order chi connectivity index (χ0) is 28.2. The number of carbonyl (C=O) groups excluding carboxylic acids is 3. The maximum atomic E-state index is 14.4. The van der Waals surface area contributed by atoms with Gasteiger partial charge in [0.15, 0.2) is 11.4 Å². The molecule has 1 aromatic rings. The molecule has 39 heavy (non-hydrogen) atoms. The van der Waals surface area contributed by atoms with Gasteiger partial charge < -0.3 is 20.3 Å². The molecule has 7 nitrogen and oxygen atoms in total. The fourth-order valence-corrected chi connectivity index (χ4v) is 10.2. The van der Waals surface area contributed by atoms with Crippen molar-refractivity contribution < 1.29 is 29.3 Å². The van der Waals surface area contributed by atoms with E-state index in [-0.39, 0.29) is 29.6 Å². The van der Waals surface area contributed by atoms with Gasteiger partial charge in [0.2, 0.25) is 5.91 Å². The monoisotopic (exact) mass is 575 g/mol. The van der Waals surface area contributed by atoms with Crippen LogP contribution in [0.25, 0.3) is 5.03 Å². The average Bonchev–Trinajstić information content (AvgIpc) is 3.12. The van der Waals surface area contributed by atoms with Gasteiger partial charge >= 0.3 is 5.97 Å². The highest BCUT2D eigenvalue weighted by atomic mass is 35.5. The highest BCUT2D eigenvalue weighted by Crippen LogP contribution is 2.69. The van der Waals surface area contributed by atoms with E-state index in [2.05, 4.69) is 18.3 Å². The van der Waals surface area contributed by atoms with E-state index in [0.717, 1.165) is 11.1 Å². The smallest absolute Gasteiger partial charge is 0.302 e. The van der Waals surface area contributed by atoms with Gasteiger partial charge in [-0.15, -0.1) is 11.6 Å². The van der Waals surface area contributed by atoms with Crippen LogP contribution < -0.4 is 5.32 Å². The molecule has 4 aliphatic carbocycles. The van der Waals surface area contributed by atoms with Gasteiger partial charge in [0.1, 0.15) is 6.10 Å². The third-order valence-electron chi connectivity index (χ3n) is 11.0. The van der Waals surface area contributed by atoms with Gasteiger partial charge in [-0.25, -0.2) is 0 Å². The fourth-order valence-electron chi connectivity index (χ4n) is 9.31. The molecule has 1 spiro atoms. The minimum Gasteiger partial charge on any atom is -0.461 e. The summed E-state index contributed by atoms with van der Waals surface area (Å²) in [7, 11) is 0. The van der Waals surface area contributed by atoms with Crippen LogP contribution in [-0.2, 0) is 25.5 Å². The average molecular weight is 577 g/mol. The first-order valence-electron chi connectivity index (χ1n) is 13.9. The molecule has 1 aliphatic heterocycles. The Labute approximate surface area is 238 Å². The Bertz CT molecular complexity index is 1300. The molecule has 5 aliphatic rings. The summed E-state index contributed by atoms with van der Waals surface area (Å²) >= 11 is 14.4. The number of Topliss-reactive ketones (excluding diaryl/α,β-unsaturated/α-hetero) is 1. The number of halogens is 2. The third-order valence-corrected chi connectivity index (χ3v) is 12.0. The van der Waals surface area contributed by atoms with E-state index in [1.807, 2.05) is 18.2 Å². The summed E-state index contributed by atoms with van der Waals surface area (Å²) in [6.45, 7) is 6.46. The second kappa shape index (κ2) is 9.04. The Kier molecular flexibility index (Phi) is 6.31. The van der Waals surface area contributed by atoms with Crippen molar-refractivity contribution in [2.24, 2.45) is 46.8 Å². The van der Waals surface area contributed by atoms with Crippen LogP contribution in [0.3, 0.4) is 0 Å². The van der Waals surface area contributed by atoms with Gasteiger partial charge in [0.25, 0.3) is 0 Å². The highest BCUT2D eigenvalue weighted by molar-refractivity contribution is 6.49. The van der Waals surface area contributed by atoms with E-state index in [9.17, 15) is 24.6 Å². The summed E-state index contributed by atoms with van der Waals surface area (Å²) in [5.74, 6) is -3.99. The summed E-state index contributed by atoms with van der Waals surface area (Å²) < 4.78 is 6.08. The second-order valence-electron chi connectivity index (χ2n) is 12.6. The lowest BCUT2D eigenvalue weighted by Gasteiger charge is -2.64. The predicted octanol–water partition coefficient (Wildman–Crippen LogP) is 3.66. The molecule has 3 saturated carbocycles. The Hall–Kier alpha value is -1.93. The predicted molar refractivity (Wildman–Crippen MR) is 145 cm³/mol. The molecule has 0 radical (unpaired) electrons. The number of ether oxygens (including phenoxy) is 1. The molecule has 1 aromatic carbocycles. The molecule has 12 unspecified atom stereocenters. The van der Waals surface area contributed by atoms with E-state index in [4.69, 9.17) is 27.9 Å². The number of hydrogen-bond donors (Lipinski definition) is 3. The Morgan fingerprint density at radius 3 is 2.49 bits per heavy atom. The first-order valence-corrected chi connectivity index (χ1v) is 14.7. The highest BCUT2D eigenvalue weighted by Gasteiger charge is 2.76. The van der Waals surface area contributed by atoms with Crippen LogP contribution in [0.2, 0.25) is 0 Å². The number of alkyl halides is 1. The van der Waals surface area contributed by atoms with E-state index in [0.29, 0.717) is 30.0 Å². The number of nitrogens with one attached hydrogen (secondary N) is 1. The molecular weight excluding hydrogens is 541 g/mol. The quantitative estimate of drug-likeness (QED) is 0.366. The lowest BCUT2D eigenvalue weighted by molar-refractivity contribution is -0.244. The number of hydrogen-bond acceptors (Lipinski definition) is 6. The van der Waals surface area contributed by atoms with Gasteiger partial charge in [-0.1, -0.05) is 49.7 Å². The number of esters is 1. The van der Waals surface area contributed by atoms with Crippen molar-refractivity contribution in [1.29, 1.82) is 0 Å². The topological polar surface area (TPSA) is 113 Å². The Morgan fingerprint density at radius 2 is 1.82 bits per heavy atom. The van der Waals surface area contributed by atoms with Crippen molar-refractivity contribution in [3.63, 3.8) is 0 Å². The molecule has 210 valence electrons. The largest absolute Gasteiger partial charge is 0.461 e. The molecule has 0 bridgehead atoms. The molecule has 1 saturated heterocycles. The first-order chi connectivity index (χ1) is 18.4. The summed E-state index contributed by atoms with van der Waals surface area (Å²) in [5.41, 5.74) is -0.809. The van der Waals surface area contributed by atoms with Crippen molar-refractivity contribution in [3.05, 3.63) is 41.1 Å². The zero-order valence-corrected chi connectivity index (χ0v) is 24.0. The maximum absolute atomic E-state index is 14.4. The van der Waals surface area contributed by atoms with Crippen molar-refractivity contribution in [3.8, 4) is 0 Å².